The molecule has 6 heteroatoms. The molecule has 3 aromatic rings. The Bertz CT molecular complexity index is 849. The van der Waals surface area contributed by atoms with Crippen LogP contribution in [0.15, 0.2) is 49.1 Å². The van der Waals surface area contributed by atoms with Crippen LogP contribution < -0.4 is 10.6 Å². The normalized spacial score (nSPS) is 14.1. The van der Waals surface area contributed by atoms with Crippen molar-refractivity contribution in [3.05, 3.63) is 60.2 Å². The van der Waals surface area contributed by atoms with Gasteiger partial charge in [0.15, 0.2) is 5.82 Å². The summed E-state index contributed by atoms with van der Waals surface area (Å²) in [5.74, 6) is 0.744. The summed E-state index contributed by atoms with van der Waals surface area (Å²) in [6.45, 7) is 3.58. The van der Waals surface area contributed by atoms with Gasteiger partial charge in [0.25, 0.3) is 0 Å². The standard InChI is InChI=1S/C20H24N6/c21-8-7-16-11-22-20(23-12-16)19-6-2-1-5-17(19)14-26-15-18(13-24-26)25-9-3-4-10-25/h1-2,5-6,11-13,15H,3-4,7-10,14,21H2. The average molecular weight is 348 g/mol. The summed E-state index contributed by atoms with van der Waals surface area (Å²) in [6, 6.07) is 8.25. The largest absolute Gasteiger partial charge is 0.369 e. The lowest BCUT2D eigenvalue weighted by molar-refractivity contribution is 0.687. The van der Waals surface area contributed by atoms with Crippen LogP contribution in [0.1, 0.15) is 24.0 Å². The van der Waals surface area contributed by atoms with Gasteiger partial charge in [-0.1, -0.05) is 24.3 Å². The number of hydrogen-bond acceptors (Lipinski definition) is 5. The molecule has 2 aromatic heterocycles. The third-order valence-electron chi connectivity index (χ3n) is 4.82. The summed E-state index contributed by atoms with van der Waals surface area (Å²) in [7, 11) is 0. The van der Waals surface area contributed by atoms with Crippen LogP contribution in [-0.2, 0) is 13.0 Å². The molecule has 0 radical (unpaired) electrons. The van der Waals surface area contributed by atoms with Crippen molar-refractivity contribution in [2.45, 2.75) is 25.8 Å². The molecule has 0 aliphatic carbocycles. The highest BCUT2D eigenvalue weighted by Gasteiger charge is 2.14. The van der Waals surface area contributed by atoms with Gasteiger partial charge in [-0.05, 0) is 36.9 Å². The highest BCUT2D eigenvalue weighted by molar-refractivity contribution is 5.60. The molecule has 2 N–H and O–H groups in total. The molecule has 26 heavy (non-hydrogen) atoms. The van der Waals surface area contributed by atoms with Gasteiger partial charge in [0.1, 0.15) is 0 Å². The van der Waals surface area contributed by atoms with Crippen molar-refractivity contribution in [1.29, 1.82) is 0 Å². The van der Waals surface area contributed by atoms with Crippen LogP contribution in [-0.4, -0.2) is 39.4 Å². The van der Waals surface area contributed by atoms with E-state index in [1.54, 1.807) is 0 Å². The highest BCUT2D eigenvalue weighted by Crippen LogP contribution is 2.23. The predicted molar refractivity (Wildman–Crippen MR) is 103 cm³/mol. The first-order chi connectivity index (χ1) is 12.8. The van der Waals surface area contributed by atoms with Crippen LogP contribution in [0.4, 0.5) is 5.69 Å². The van der Waals surface area contributed by atoms with Crippen molar-refractivity contribution in [2.24, 2.45) is 5.73 Å². The Morgan fingerprint density at radius 2 is 1.77 bits per heavy atom. The van der Waals surface area contributed by atoms with E-state index in [4.69, 9.17) is 5.73 Å². The van der Waals surface area contributed by atoms with Crippen molar-refractivity contribution in [3.8, 4) is 11.4 Å². The average Bonchev–Trinajstić information content (AvgIpc) is 3.35. The van der Waals surface area contributed by atoms with Crippen molar-refractivity contribution in [3.63, 3.8) is 0 Å². The molecule has 0 atom stereocenters. The third kappa shape index (κ3) is 3.60. The van der Waals surface area contributed by atoms with E-state index in [1.807, 2.05) is 35.4 Å². The van der Waals surface area contributed by atoms with Crippen molar-refractivity contribution in [2.75, 3.05) is 24.5 Å². The molecule has 1 aliphatic heterocycles. The zero-order chi connectivity index (χ0) is 17.8. The van der Waals surface area contributed by atoms with Gasteiger partial charge in [0.05, 0.1) is 18.4 Å². The number of nitrogens with zero attached hydrogens (tertiary/aromatic N) is 5. The summed E-state index contributed by atoms with van der Waals surface area (Å²) in [4.78, 5) is 11.5. The SMILES string of the molecule is NCCc1cnc(-c2ccccc2Cn2cc(N3CCCC3)cn2)nc1. The Morgan fingerprint density at radius 1 is 1.00 bits per heavy atom. The summed E-state index contributed by atoms with van der Waals surface area (Å²) in [6.07, 6.45) is 11.2. The molecule has 0 amide bonds. The first-order valence-corrected chi connectivity index (χ1v) is 9.20. The highest BCUT2D eigenvalue weighted by atomic mass is 15.3. The Morgan fingerprint density at radius 3 is 2.54 bits per heavy atom. The molecule has 0 bridgehead atoms. The molecular weight excluding hydrogens is 324 g/mol. The van der Waals surface area contributed by atoms with E-state index < -0.39 is 0 Å². The number of benzene rings is 1. The minimum atomic E-state index is 0.609. The molecule has 134 valence electrons. The lowest BCUT2D eigenvalue weighted by Gasteiger charge is -2.14. The van der Waals surface area contributed by atoms with E-state index >= 15 is 0 Å². The van der Waals surface area contributed by atoms with Gasteiger partial charge in [-0.2, -0.15) is 5.10 Å². The van der Waals surface area contributed by atoms with E-state index in [-0.39, 0.29) is 0 Å². The fraction of sp³-hybridized carbons (Fsp3) is 0.350. The number of hydrogen-bond donors (Lipinski definition) is 1. The number of rotatable bonds is 6. The van der Waals surface area contributed by atoms with Gasteiger partial charge < -0.3 is 10.6 Å². The second-order valence-corrected chi connectivity index (χ2v) is 6.70. The molecule has 1 fully saturated rings. The van der Waals surface area contributed by atoms with Crippen molar-refractivity contribution in [1.82, 2.24) is 19.7 Å². The summed E-state index contributed by atoms with van der Waals surface area (Å²) in [5, 5.41) is 4.55. The molecule has 1 aliphatic rings. The van der Waals surface area contributed by atoms with Crippen LogP contribution in [0.2, 0.25) is 0 Å². The topological polar surface area (TPSA) is 72.9 Å². The second kappa shape index (κ2) is 7.66. The first-order valence-electron chi connectivity index (χ1n) is 9.20. The summed E-state index contributed by atoms with van der Waals surface area (Å²) in [5.41, 5.74) is 10.1. The quantitative estimate of drug-likeness (QED) is 0.741. The number of anilines is 1. The number of nitrogens with two attached hydrogens (primary N) is 1. The zero-order valence-electron chi connectivity index (χ0n) is 14.9. The van der Waals surface area contributed by atoms with E-state index in [1.165, 1.54) is 18.5 Å². The minimum Gasteiger partial charge on any atom is -0.369 e. The maximum Gasteiger partial charge on any atom is 0.159 e. The third-order valence-corrected chi connectivity index (χ3v) is 4.82. The molecule has 0 spiro atoms. The molecular formula is C20H24N6. The molecule has 1 saturated heterocycles. The predicted octanol–water partition coefficient (Wildman–Crippen LogP) is 2.49. The maximum atomic E-state index is 5.60. The Labute approximate surface area is 153 Å². The zero-order valence-corrected chi connectivity index (χ0v) is 14.9. The van der Waals surface area contributed by atoms with Crippen LogP contribution >= 0.6 is 0 Å². The van der Waals surface area contributed by atoms with Gasteiger partial charge in [0.2, 0.25) is 0 Å². The monoisotopic (exact) mass is 348 g/mol. The molecule has 6 nitrogen and oxygen atoms in total. The van der Waals surface area contributed by atoms with Crippen molar-refractivity contribution < 1.29 is 0 Å². The van der Waals surface area contributed by atoms with E-state index in [2.05, 4.69) is 38.3 Å². The minimum absolute atomic E-state index is 0.609. The maximum absolute atomic E-state index is 5.60. The lowest BCUT2D eigenvalue weighted by atomic mass is 10.1. The van der Waals surface area contributed by atoms with E-state index in [9.17, 15) is 0 Å². The first kappa shape index (κ1) is 16.7. The molecule has 0 saturated carbocycles. The molecule has 4 rings (SSSR count). The smallest absolute Gasteiger partial charge is 0.159 e. The molecule has 3 heterocycles. The van der Waals surface area contributed by atoms with Gasteiger partial charge in [0, 0.05) is 37.2 Å². The summed E-state index contributed by atoms with van der Waals surface area (Å²) >= 11 is 0. The lowest BCUT2D eigenvalue weighted by Crippen LogP contribution is -2.16. The number of aromatic nitrogens is 4. The van der Waals surface area contributed by atoms with Gasteiger partial charge in [-0.15, -0.1) is 0 Å². The van der Waals surface area contributed by atoms with Gasteiger partial charge >= 0.3 is 0 Å². The van der Waals surface area contributed by atoms with Gasteiger partial charge in [-0.3, -0.25) is 4.68 Å². The van der Waals surface area contributed by atoms with E-state index in [0.717, 1.165) is 42.0 Å². The fourth-order valence-electron chi connectivity index (χ4n) is 3.42. The van der Waals surface area contributed by atoms with Crippen molar-refractivity contribution >= 4 is 5.69 Å². The Hall–Kier alpha value is -2.73. The molecule has 1 aromatic carbocycles. The Kier molecular flexibility index (Phi) is 4.93. The van der Waals surface area contributed by atoms with E-state index in [0.29, 0.717) is 13.1 Å². The Balaban J connectivity index is 1.56. The van der Waals surface area contributed by atoms with Crippen LogP contribution in [0.25, 0.3) is 11.4 Å². The fourth-order valence-corrected chi connectivity index (χ4v) is 3.42. The summed E-state index contributed by atoms with van der Waals surface area (Å²) < 4.78 is 2.00. The van der Waals surface area contributed by atoms with Crippen LogP contribution in [0, 0.1) is 0 Å². The second-order valence-electron chi connectivity index (χ2n) is 6.70. The van der Waals surface area contributed by atoms with Crippen LogP contribution in [0.3, 0.4) is 0 Å². The van der Waals surface area contributed by atoms with Gasteiger partial charge in [-0.25, -0.2) is 9.97 Å². The van der Waals surface area contributed by atoms with Crippen LogP contribution in [0.5, 0.6) is 0 Å². The molecule has 0 unspecified atom stereocenters.